The van der Waals surface area contributed by atoms with Crippen LogP contribution in [0, 0.1) is 0 Å². The molecule has 1 rings (SSSR count). The van der Waals surface area contributed by atoms with Gasteiger partial charge in [0.05, 0.1) is 3.58 Å². The highest BCUT2D eigenvalue weighted by Gasteiger charge is 2.13. The van der Waals surface area contributed by atoms with Crippen molar-refractivity contribution >= 4 is 28.4 Å². The van der Waals surface area contributed by atoms with Gasteiger partial charge in [0.15, 0.2) is 5.78 Å². The lowest BCUT2D eigenvalue weighted by Crippen LogP contribution is -2.00. The number of ketones is 1. The van der Waals surface area contributed by atoms with Crippen LogP contribution in [0.3, 0.4) is 0 Å². The standard InChI is InChI=1S/C13H21IO/c1-2-3-10-12(15)13(14)11-8-6-4-5-7-9-11/h2-10H2,1H3. The third-order valence-electron chi connectivity index (χ3n) is 3.02. The Morgan fingerprint density at radius 3 is 2.33 bits per heavy atom. The van der Waals surface area contributed by atoms with E-state index in [2.05, 4.69) is 29.5 Å². The summed E-state index contributed by atoms with van der Waals surface area (Å²) in [5.74, 6) is 0.384. The van der Waals surface area contributed by atoms with Gasteiger partial charge in [-0.25, -0.2) is 0 Å². The minimum Gasteiger partial charge on any atom is -0.294 e. The molecule has 0 radical (unpaired) electrons. The highest BCUT2D eigenvalue weighted by molar-refractivity contribution is 14.1. The summed E-state index contributed by atoms with van der Waals surface area (Å²) in [7, 11) is 0. The van der Waals surface area contributed by atoms with Gasteiger partial charge in [-0.15, -0.1) is 0 Å². The van der Waals surface area contributed by atoms with Gasteiger partial charge in [-0.1, -0.05) is 31.8 Å². The second-order valence-electron chi connectivity index (χ2n) is 4.36. The normalized spacial score (nSPS) is 17.3. The van der Waals surface area contributed by atoms with Gasteiger partial charge in [-0.05, 0) is 54.7 Å². The Labute approximate surface area is 107 Å². The zero-order valence-corrected chi connectivity index (χ0v) is 11.8. The topological polar surface area (TPSA) is 17.1 Å². The van der Waals surface area contributed by atoms with Gasteiger partial charge >= 0.3 is 0 Å². The van der Waals surface area contributed by atoms with Gasteiger partial charge in [0.25, 0.3) is 0 Å². The summed E-state index contributed by atoms with van der Waals surface area (Å²) in [6.45, 7) is 2.14. The fraction of sp³-hybridized carbons (Fsp3) is 0.769. The molecule has 1 nitrogen and oxygen atoms in total. The zero-order chi connectivity index (χ0) is 11.1. The largest absolute Gasteiger partial charge is 0.294 e. The van der Waals surface area contributed by atoms with Crippen molar-refractivity contribution in [2.24, 2.45) is 0 Å². The van der Waals surface area contributed by atoms with Crippen LogP contribution < -0.4 is 0 Å². The number of allylic oxidation sites excluding steroid dienone is 2. The molecule has 1 saturated carbocycles. The molecule has 0 bridgehead atoms. The molecule has 2 heteroatoms. The number of rotatable bonds is 4. The minimum atomic E-state index is 0.384. The maximum atomic E-state index is 11.8. The molecule has 1 aliphatic rings. The first-order chi connectivity index (χ1) is 7.25. The van der Waals surface area contributed by atoms with Crippen molar-refractivity contribution in [3.05, 3.63) is 9.15 Å². The van der Waals surface area contributed by atoms with Crippen LogP contribution >= 0.6 is 22.6 Å². The van der Waals surface area contributed by atoms with Crippen LogP contribution in [0.25, 0.3) is 0 Å². The molecular weight excluding hydrogens is 299 g/mol. The van der Waals surface area contributed by atoms with E-state index in [1.54, 1.807) is 0 Å². The molecule has 1 fully saturated rings. The molecule has 0 heterocycles. The van der Waals surface area contributed by atoms with Crippen LogP contribution in [0.2, 0.25) is 0 Å². The summed E-state index contributed by atoms with van der Waals surface area (Å²) in [4.78, 5) is 11.8. The molecule has 0 amide bonds. The number of hydrogen-bond acceptors (Lipinski definition) is 1. The maximum Gasteiger partial charge on any atom is 0.168 e. The van der Waals surface area contributed by atoms with E-state index in [9.17, 15) is 4.79 Å². The smallest absolute Gasteiger partial charge is 0.168 e. The second kappa shape index (κ2) is 7.42. The predicted octanol–water partition coefficient (Wildman–Crippen LogP) is 4.79. The lowest BCUT2D eigenvalue weighted by Gasteiger charge is -2.06. The fourth-order valence-electron chi connectivity index (χ4n) is 2.02. The third-order valence-corrected chi connectivity index (χ3v) is 4.38. The lowest BCUT2D eigenvalue weighted by atomic mass is 10.0. The number of carbonyl (C=O) groups is 1. The Morgan fingerprint density at radius 1 is 1.20 bits per heavy atom. The zero-order valence-electron chi connectivity index (χ0n) is 9.65. The van der Waals surface area contributed by atoms with E-state index in [0.29, 0.717) is 5.78 Å². The first-order valence-electron chi connectivity index (χ1n) is 6.16. The van der Waals surface area contributed by atoms with E-state index in [1.165, 1.54) is 31.3 Å². The van der Waals surface area contributed by atoms with E-state index < -0.39 is 0 Å². The number of unbranched alkanes of at least 4 members (excludes halogenated alkanes) is 1. The average molecular weight is 320 g/mol. The Hall–Kier alpha value is 0.140. The minimum absolute atomic E-state index is 0.384. The molecule has 0 atom stereocenters. The number of Topliss-reactive ketones (excluding diaryl/α,β-unsaturated/α-hetero) is 1. The summed E-state index contributed by atoms with van der Waals surface area (Å²) in [6, 6.07) is 0. The van der Waals surface area contributed by atoms with Crippen molar-refractivity contribution < 1.29 is 4.79 Å². The van der Waals surface area contributed by atoms with Crippen LogP contribution in [-0.2, 0) is 4.79 Å². The van der Waals surface area contributed by atoms with Gasteiger partial charge in [-0.2, -0.15) is 0 Å². The van der Waals surface area contributed by atoms with Gasteiger partial charge in [0.2, 0.25) is 0 Å². The molecule has 0 aromatic heterocycles. The molecule has 0 spiro atoms. The molecule has 15 heavy (non-hydrogen) atoms. The molecule has 0 aliphatic heterocycles. The van der Waals surface area contributed by atoms with Crippen LogP contribution in [0.5, 0.6) is 0 Å². The van der Waals surface area contributed by atoms with Gasteiger partial charge in [0.1, 0.15) is 0 Å². The van der Waals surface area contributed by atoms with Crippen LogP contribution in [0.4, 0.5) is 0 Å². The first kappa shape index (κ1) is 13.2. The highest BCUT2D eigenvalue weighted by atomic mass is 127. The molecule has 86 valence electrons. The van der Waals surface area contributed by atoms with Crippen molar-refractivity contribution in [3.63, 3.8) is 0 Å². The monoisotopic (exact) mass is 320 g/mol. The van der Waals surface area contributed by atoms with Gasteiger partial charge < -0.3 is 0 Å². The SMILES string of the molecule is CCCCC(=O)C(I)=C1CCCCCC1. The Kier molecular flexibility index (Phi) is 6.53. The molecule has 0 aromatic rings. The Bertz CT molecular complexity index is 233. The number of hydrogen-bond donors (Lipinski definition) is 0. The quantitative estimate of drug-likeness (QED) is 0.413. The lowest BCUT2D eigenvalue weighted by molar-refractivity contribution is -0.114. The van der Waals surface area contributed by atoms with Crippen molar-refractivity contribution in [2.75, 3.05) is 0 Å². The summed E-state index contributed by atoms with van der Waals surface area (Å²) < 4.78 is 1.06. The van der Waals surface area contributed by atoms with E-state index in [-0.39, 0.29) is 0 Å². The van der Waals surface area contributed by atoms with Crippen LogP contribution in [0.15, 0.2) is 9.15 Å². The van der Waals surface area contributed by atoms with E-state index in [1.807, 2.05) is 0 Å². The van der Waals surface area contributed by atoms with E-state index in [0.717, 1.165) is 35.7 Å². The Balaban J connectivity index is 2.56. The number of halogens is 1. The van der Waals surface area contributed by atoms with E-state index in [4.69, 9.17) is 0 Å². The van der Waals surface area contributed by atoms with E-state index >= 15 is 0 Å². The predicted molar refractivity (Wildman–Crippen MR) is 73.3 cm³/mol. The molecule has 0 N–H and O–H groups in total. The molecule has 1 aliphatic carbocycles. The second-order valence-corrected chi connectivity index (χ2v) is 5.44. The molecule has 0 saturated heterocycles. The summed E-state index contributed by atoms with van der Waals surface area (Å²) in [6.07, 6.45) is 10.5. The van der Waals surface area contributed by atoms with Gasteiger partial charge in [-0.3, -0.25) is 4.79 Å². The molecule has 0 unspecified atom stereocenters. The summed E-state index contributed by atoms with van der Waals surface area (Å²) >= 11 is 2.27. The van der Waals surface area contributed by atoms with Crippen LogP contribution in [0.1, 0.15) is 64.7 Å². The fourth-order valence-corrected chi connectivity index (χ4v) is 2.83. The van der Waals surface area contributed by atoms with Crippen LogP contribution in [-0.4, -0.2) is 5.78 Å². The summed E-state index contributed by atoms with van der Waals surface area (Å²) in [5, 5.41) is 0. The van der Waals surface area contributed by atoms with Crippen molar-refractivity contribution in [1.29, 1.82) is 0 Å². The van der Waals surface area contributed by atoms with Crippen molar-refractivity contribution in [2.45, 2.75) is 64.7 Å². The van der Waals surface area contributed by atoms with Crippen molar-refractivity contribution in [3.8, 4) is 0 Å². The molecular formula is C13H21IO. The Morgan fingerprint density at radius 2 is 1.80 bits per heavy atom. The van der Waals surface area contributed by atoms with Gasteiger partial charge in [0, 0.05) is 6.42 Å². The average Bonchev–Trinajstić information content (AvgIpc) is 2.53. The van der Waals surface area contributed by atoms with Crippen molar-refractivity contribution in [1.82, 2.24) is 0 Å². The summed E-state index contributed by atoms with van der Waals surface area (Å²) in [5.41, 5.74) is 1.44. The third kappa shape index (κ3) is 4.66. The maximum absolute atomic E-state index is 11.8. The molecule has 0 aromatic carbocycles. The first-order valence-corrected chi connectivity index (χ1v) is 7.24. The number of carbonyl (C=O) groups excluding carboxylic acids is 1. The highest BCUT2D eigenvalue weighted by Crippen LogP contribution is 2.29.